The van der Waals surface area contributed by atoms with Crippen LogP contribution in [0.25, 0.3) is 0 Å². The second-order valence-electron chi connectivity index (χ2n) is 4.69. The summed E-state index contributed by atoms with van der Waals surface area (Å²) in [4.78, 5) is 11.4. The van der Waals surface area contributed by atoms with Gasteiger partial charge in [-0.15, -0.1) is 0 Å². The average Bonchev–Trinajstić information content (AvgIpc) is 2.63. The Morgan fingerprint density at radius 2 is 1.93 bits per heavy atom. The van der Waals surface area contributed by atoms with Crippen molar-refractivity contribution in [1.29, 1.82) is 0 Å². The molecule has 0 N–H and O–H groups in total. The summed E-state index contributed by atoms with van der Waals surface area (Å²) < 4.78 is 5.33. The smallest absolute Gasteiger partial charge is 0.135 e. The monoisotopic (exact) mass is 196 g/mol. The molecule has 1 atom stereocenters. The highest BCUT2D eigenvalue weighted by atomic mass is 16.5. The number of carbonyl (C=O) groups is 1. The highest BCUT2D eigenvalue weighted by Crippen LogP contribution is 2.29. The summed E-state index contributed by atoms with van der Waals surface area (Å²) in [5.74, 6) is 1.77. The molecule has 0 bridgehead atoms. The number of rotatable bonds is 3. The first-order valence-electron chi connectivity index (χ1n) is 5.96. The molecule has 0 spiro atoms. The van der Waals surface area contributed by atoms with Crippen LogP contribution < -0.4 is 0 Å². The van der Waals surface area contributed by atoms with Crippen LogP contribution in [0, 0.1) is 11.8 Å². The van der Waals surface area contributed by atoms with Gasteiger partial charge in [0.05, 0.1) is 0 Å². The van der Waals surface area contributed by atoms with Gasteiger partial charge in [0.1, 0.15) is 5.78 Å². The summed E-state index contributed by atoms with van der Waals surface area (Å²) in [6, 6.07) is 0. The lowest BCUT2D eigenvalue weighted by Gasteiger charge is -2.22. The Labute approximate surface area is 86.0 Å². The van der Waals surface area contributed by atoms with Crippen LogP contribution >= 0.6 is 0 Å². The van der Waals surface area contributed by atoms with Crippen molar-refractivity contribution in [3.63, 3.8) is 0 Å². The number of hydrogen-bond donors (Lipinski definition) is 0. The molecule has 1 aliphatic carbocycles. The third-order valence-electron chi connectivity index (χ3n) is 3.70. The van der Waals surface area contributed by atoms with Gasteiger partial charge < -0.3 is 4.74 Å². The standard InChI is InChI=1S/C12H20O2/c13-12-3-1-2-11(12)5-4-10-6-8-14-9-7-10/h10-11H,1-9H2. The Kier molecular flexibility index (Phi) is 3.57. The first-order chi connectivity index (χ1) is 6.86. The molecular formula is C12H20O2. The third kappa shape index (κ3) is 2.57. The van der Waals surface area contributed by atoms with Gasteiger partial charge in [-0.25, -0.2) is 0 Å². The molecule has 0 aromatic heterocycles. The van der Waals surface area contributed by atoms with Crippen LogP contribution in [0.4, 0.5) is 0 Å². The minimum absolute atomic E-state index is 0.415. The van der Waals surface area contributed by atoms with Gasteiger partial charge in [-0.3, -0.25) is 4.79 Å². The molecule has 2 fully saturated rings. The number of ether oxygens (including phenoxy) is 1. The molecule has 1 aliphatic heterocycles. The SMILES string of the molecule is O=C1CCCC1CCC1CCOCC1. The van der Waals surface area contributed by atoms with Gasteiger partial charge in [0.15, 0.2) is 0 Å². The van der Waals surface area contributed by atoms with Crippen LogP contribution in [0.15, 0.2) is 0 Å². The van der Waals surface area contributed by atoms with E-state index in [0.717, 1.165) is 44.8 Å². The molecule has 2 rings (SSSR count). The van der Waals surface area contributed by atoms with Crippen molar-refractivity contribution in [2.24, 2.45) is 11.8 Å². The molecular weight excluding hydrogens is 176 g/mol. The lowest BCUT2D eigenvalue weighted by atomic mass is 9.90. The van der Waals surface area contributed by atoms with Crippen molar-refractivity contribution in [3.8, 4) is 0 Å². The van der Waals surface area contributed by atoms with E-state index in [1.165, 1.54) is 19.3 Å². The van der Waals surface area contributed by atoms with Crippen molar-refractivity contribution in [3.05, 3.63) is 0 Å². The van der Waals surface area contributed by atoms with Gasteiger partial charge in [0.2, 0.25) is 0 Å². The summed E-state index contributed by atoms with van der Waals surface area (Å²) in [5.41, 5.74) is 0. The quantitative estimate of drug-likeness (QED) is 0.693. The van der Waals surface area contributed by atoms with E-state index in [2.05, 4.69) is 0 Å². The van der Waals surface area contributed by atoms with Crippen LogP contribution in [0.1, 0.15) is 44.9 Å². The summed E-state index contributed by atoms with van der Waals surface area (Å²) in [5, 5.41) is 0. The van der Waals surface area contributed by atoms with Gasteiger partial charge in [0, 0.05) is 25.6 Å². The van der Waals surface area contributed by atoms with E-state index in [1.807, 2.05) is 0 Å². The highest BCUT2D eigenvalue weighted by Gasteiger charge is 2.25. The van der Waals surface area contributed by atoms with Crippen molar-refractivity contribution in [1.82, 2.24) is 0 Å². The van der Waals surface area contributed by atoms with Crippen LogP contribution in [0.2, 0.25) is 0 Å². The van der Waals surface area contributed by atoms with E-state index in [0.29, 0.717) is 11.7 Å². The average molecular weight is 196 g/mol. The number of hydrogen-bond acceptors (Lipinski definition) is 2. The Balaban J connectivity index is 1.68. The molecule has 2 aliphatic rings. The van der Waals surface area contributed by atoms with Gasteiger partial charge in [-0.05, 0) is 44.4 Å². The molecule has 14 heavy (non-hydrogen) atoms. The minimum atomic E-state index is 0.415. The topological polar surface area (TPSA) is 26.3 Å². The van der Waals surface area contributed by atoms with Gasteiger partial charge >= 0.3 is 0 Å². The Morgan fingerprint density at radius 1 is 1.14 bits per heavy atom. The summed E-state index contributed by atoms with van der Waals surface area (Å²) in [6.45, 7) is 1.87. The lowest BCUT2D eigenvalue weighted by Crippen LogP contribution is -2.17. The molecule has 2 nitrogen and oxygen atoms in total. The fraction of sp³-hybridized carbons (Fsp3) is 0.917. The maximum atomic E-state index is 11.4. The molecule has 0 radical (unpaired) electrons. The largest absolute Gasteiger partial charge is 0.381 e. The molecule has 1 saturated carbocycles. The zero-order valence-electron chi connectivity index (χ0n) is 8.84. The maximum Gasteiger partial charge on any atom is 0.135 e. The Hall–Kier alpha value is -0.370. The van der Waals surface area contributed by atoms with Gasteiger partial charge in [-0.2, -0.15) is 0 Å². The number of Topliss-reactive ketones (excluding diaryl/α,β-unsaturated/α-hetero) is 1. The molecule has 1 heterocycles. The molecule has 0 aromatic carbocycles. The first kappa shape index (κ1) is 10.2. The van der Waals surface area contributed by atoms with Crippen LogP contribution in [-0.2, 0) is 9.53 Å². The third-order valence-corrected chi connectivity index (χ3v) is 3.70. The Bertz CT molecular complexity index is 194. The molecule has 80 valence electrons. The fourth-order valence-corrected chi connectivity index (χ4v) is 2.67. The summed E-state index contributed by atoms with van der Waals surface area (Å²) >= 11 is 0. The van der Waals surface area contributed by atoms with Crippen LogP contribution in [0.3, 0.4) is 0 Å². The number of ketones is 1. The molecule has 1 unspecified atom stereocenters. The first-order valence-corrected chi connectivity index (χ1v) is 5.96. The van der Waals surface area contributed by atoms with Crippen LogP contribution in [0.5, 0.6) is 0 Å². The normalized spacial score (nSPS) is 29.7. The van der Waals surface area contributed by atoms with Crippen molar-refractivity contribution < 1.29 is 9.53 Å². The van der Waals surface area contributed by atoms with E-state index in [1.54, 1.807) is 0 Å². The van der Waals surface area contributed by atoms with E-state index in [9.17, 15) is 4.79 Å². The molecule has 2 heteroatoms. The van der Waals surface area contributed by atoms with Gasteiger partial charge in [-0.1, -0.05) is 0 Å². The van der Waals surface area contributed by atoms with Crippen molar-refractivity contribution >= 4 is 5.78 Å². The lowest BCUT2D eigenvalue weighted by molar-refractivity contribution is -0.120. The second kappa shape index (κ2) is 4.92. The van der Waals surface area contributed by atoms with Crippen molar-refractivity contribution in [2.45, 2.75) is 44.9 Å². The van der Waals surface area contributed by atoms with E-state index in [-0.39, 0.29) is 0 Å². The van der Waals surface area contributed by atoms with E-state index >= 15 is 0 Å². The minimum Gasteiger partial charge on any atom is -0.381 e. The van der Waals surface area contributed by atoms with E-state index in [4.69, 9.17) is 4.74 Å². The van der Waals surface area contributed by atoms with Crippen LogP contribution in [-0.4, -0.2) is 19.0 Å². The fourth-order valence-electron chi connectivity index (χ4n) is 2.67. The van der Waals surface area contributed by atoms with E-state index < -0.39 is 0 Å². The van der Waals surface area contributed by atoms with Gasteiger partial charge in [0.25, 0.3) is 0 Å². The predicted molar refractivity (Wildman–Crippen MR) is 55.1 cm³/mol. The number of carbonyl (C=O) groups excluding carboxylic acids is 1. The zero-order chi connectivity index (χ0) is 9.80. The highest BCUT2D eigenvalue weighted by molar-refractivity contribution is 5.82. The summed E-state index contributed by atoms with van der Waals surface area (Å²) in [6.07, 6.45) is 7.95. The Morgan fingerprint density at radius 3 is 2.57 bits per heavy atom. The predicted octanol–water partition coefficient (Wildman–Crippen LogP) is 2.56. The molecule has 0 amide bonds. The zero-order valence-corrected chi connectivity index (χ0v) is 8.84. The second-order valence-corrected chi connectivity index (χ2v) is 4.69. The summed E-state index contributed by atoms with van der Waals surface area (Å²) in [7, 11) is 0. The van der Waals surface area contributed by atoms with Crippen molar-refractivity contribution in [2.75, 3.05) is 13.2 Å². The molecule has 0 aromatic rings. The maximum absolute atomic E-state index is 11.4. The molecule has 1 saturated heterocycles.